The number of sulfonamides is 1. The maximum Gasteiger partial charge on any atom is 0.338 e. The fourth-order valence-electron chi connectivity index (χ4n) is 2.46. The molecule has 8 heteroatoms. The van der Waals surface area contributed by atoms with E-state index in [0.717, 1.165) is 44.1 Å². The Balaban J connectivity index is 2.13. The van der Waals surface area contributed by atoms with Crippen molar-refractivity contribution >= 4 is 16.0 Å². The molecule has 1 aliphatic rings. The molecule has 1 heterocycles. The SMILES string of the molecule is CCOC(=O)c1cc(F)cc(S(=O)(=O)NCC2CCCNC2)c1. The van der Waals surface area contributed by atoms with Gasteiger partial charge in [0.25, 0.3) is 0 Å². The van der Waals surface area contributed by atoms with E-state index >= 15 is 0 Å². The number of carbonyl (C=O) groups excluding carboxylic acids is 1. The summed E-state index contributed by atoms with van der Waals surface area (Å²) in [7, 11) is -3.88. The van der Waals surface area contributed by atoms with Gasteiger partial charge in [0.05, 0.1) is 17.1 Å². The van der Waals surface area contributed by atoms with E-state index in [-0.39, 0.29) is 29.5 Å². The first-order valence-corrected chi connectivity index (χ1v) is 9.09. The molecule has 2 rings (SSSR count). The highest BCUT2D eigenvalue weighted by Crippen LogP contribution is 2.16. The summed E-state index contributed by atoms with van der Waals surface area (Å²) in [5.74, 6) is -1.34. The van der Waals surface area contributed by atoms with Crippen molar-refractivity contribution in [3.05, 3.63) is 29.6 Å². The number of benzene rings is 1. The molecule has 0 saturated carbocycles. The van der Waals surface area contributed by atoms with Crippen molar-refractivity contribution in [2.24, 2.45) is 5.92 Å². The summed E-state index contributed by atoms with van der Waals surface area (Å²) in [5.41, 5.74) is -0.119. The van der Waals surface area contributed by atoms with Gasteiger partial charge in [-0.15, -0.1) is 0 Å². The lowest BCUT2D eigenvalue weighted by Crippen LogP contribution is -2.38. The molecule has 1 unspecified atom stereocenters. The van der Waals surface area contributed by atoms with Crippen LogP contribution in [0.5, 0.6) is 0 Å². The van der Waals surface area contributed by atoms with E-state index in [9.17, 15) is 17.6 Å². The van der Waals surface area contributed by atoms with Gasteiger partial charge in [0.2, 0.25) is 10.0 Å². The Morgan fingerprint density at radius 3 is 2.87 bits per heavy atom. The molecule has 1 saturated heterocycles. The van der Waals surface area contributed by atoms with E-state index in [2.05, 4.69) is 10.0 Å². The Morgan fingerprint density at radius 1 is 1.43 bits per heavy atom. The highest BCUT2D eigenvalue weighted by molar-refractivity contribution is 7.89. The van der Waals surface area contributed by atoms with Gasteiger partial charge in [-0.2, -0.15) is 0 Å². The average molecular weight is 344 g/mol. The number of halogens is 1. The van der Waals surface area contributed by atoms with Crippen molar-refractivity contribution in [2.45, 2.75) is 24.7 Å². The number of carbonyl (C=O) groups is 1. The standard InChI is InChI=1S/C15H21FN2O4S/c1-2-22-15(19)12-6-13(16)8-14(7-12)23(20,21)18-10-11-4-3-5-17-9-11/h6-8,11,17-18H,2-5,9-10H2,1H3. The number of hydrogen-bond acceptors (Lipinski definition) is 5. The van der Waals surface area contributed by atoms with Crippen LogP contribution in [-0.2, 0) is 14.8 Å². The van der Waals surface area contributed by atoms with Gasteiger partial charge >= 0.3 is 5.97 Å². The monoisotopic (exact) mass is 344 g/mol. The summed E-state index contributed by atoms with van der Waals surface area (Å²) in [5, 5.41) is 3.20. The lowest BCUT2D eigenvalue weighted by atomic mass is 10.0. The third-order valence-electron chi connectivity index (χ3n) is 3.65. The molecule has 0 bridgehead atoms. The molecule has 128 valence electrons. The zero-order chi connectivity index (χ0) is 16.9. The molecule has 0 amide bonds. The van der Waals surface area contributed by atoms with Crippen LogP contribution in [0.4, 0.5) is 4.39 Å². The van der Waals surface area contributed by atoms with E-state index in [1.807, 2.05) is 0 Å². The Labute approximate surface area is 135 Å². The first-order chi connectivity index (χ1) is 10.9. The fraction of sp³-hybridized carbons (Fsp3) is 0.533. The number of piperidine rings is 1. The second-order valence-electron chi connectivity index (χ2n) is 5.46. The summed E-state index contributed by atoms with van der Waals surface area (Å²) in [6, 6.07) is 2.98. The Kier molecular flexibility index (Phi) is 6.09. The van der Waals surface area contributed by atoms with Crippen LogP contribution in [0.25, 0.3) is 0 Å². The summed E-state index contributed by atoms with van der Waals surface area (Å²) in [6.45, 7) is 3.72. The summed E-state index contributed by atoms with van der Waals surface area (Å²) >= 11 is 0. The fourth-order valence-corrected chi connectivity index (χ4v) is 3.63. The van der Waals surface area contributed by atoms with E-state index in [4.69, 9.17) is 4.74 Å². The largest absolute Gasteiger partial charge is 0.462 e. The lowest BCUT2D eigenvalue weighted by Gasteiger charge is -2.22. The summed E-state index contributed by atoms with van der Waals surface area (Å²) in [4.78, 5) is 11.4. The van der Waals surface area contributed by atoms with Crippen molar-refractivity contribution in [1.82, 2.24) is 10.0 Å². The molecule has 1 atom stereocenters. The second kappa shape index (κ2) is 7.85. The average Bonchev–Trinajstić information content (AvgIpc) is 2.54. The van der Waals surface area contributed by atoms with Crippen molar-refractivity contribution < 1.29 is 22.3 Å². The molecular formula is C15H21FN2O4S. The van der Waals surface area contributed by atoms with Crippen LogP contribution in [0.2, 0.25) is 0 Å². The minimum atomic E-state index is -3.88. The van der Waals surface area contributed by atoms with Crippen molar-refractivity contribution in [3.63, 3.8) is 0 Å². The number of nitrogens with one attached hydrogen (secondary N) is 2. The summed E-state index contributed by atoms with van der Waals surface area (Å²) in [6.07, 6.45) is 1.94. The van der Waals surface area contributed by atoms with Gasteiger partial charge in [-0.1, -0.05) is 0 Å². The topological polar surface area (TPSA) is 84.5 Å². The van der Waals surface area contributed by atoms with Crippen LogP contribution in [0.1, 0.15) is 30.1 Å². The van der Waals surface area contributed by atoms with E-state index in [1.54, 1.807) is 6.92 Å². The van der Waals surface area contributed by atoms with Gasteiger partial charge in [-0.05, 0) is 57.0 Å². The number of ether oxygens (including phenoxy) is 1. The smallest absolute Gasteiger partial charge is 0.338 e. The van der Waals surface area contributed by atoms with Gasteiger partial charge in [0.1, 0.15) is 5.82 Å². The minimum absolute atomic E-state index is 0.119. The Morgan fingerprint density at radius 2 is 2.22 bits per heavy atom. The van der Waals surface area contributed by atoms with Gasteiger partial charge < -0.3 is 10.1 Å². The van der Waals surface area contributed by atoms with Gasteiger partial charge in [-0.3, -0.25) is 0 Å². The molecular weight excluding hydrogens is 323 g/mol. The minimum Gasteiger partial charge on any atom is -0.462 e. The third kappa shape index (κ3) is 4.98. The van der Waals surface area contributed by atoms with Gasteiger partial charge in [0, 0.05) is 6.54 Å². The number of hydrogen-bond donors (Lipinski definition) is 2. The Bertz CT molecular complexity index is 657. The molecule has 1 aliphatic heterocycles. The van der Waals surface area contributed by atoms with Crippen LogP contribution in [-0.4, -0.2) is 40.6 Å². The predicted molar refractivity (Wildman–Crippen MR) is 83.1 cm³/mol. The van der Waals surface area contributed by atoms with Crippen LogP contribution in [0, 0.1) is 11.7 Å². The van der Waals surface area contributed by atoms with Gasteiger partial charge in [0.15, 0.2) is 0 Å². The first kappa shape index (κ1) is 17.8. The van der Waals surface area contributed by atoms with E-state index < -0.39 is 21.8 Å². The van der Waals surface area contributed by atoms with E-state index in [0.29, 0.717) is 0 Å². The third-order valence-corrected chi connectivity index (χ3v) is 5.06. The van der Waals surface area contributed by atoms with Crippen molar-refractivity contribution in [3.8, 4) is 0 Å². The maximum atomic E-state index is 13.6. The number of rotatable bonds is 6. The molecule has 6 nitrogen and oxygen atoms in total. The second-order valence-corrected chi connectivity index (χ2v) is 7.23. The summed E-state index contributed by atoms with van der Waals surface area (Å²) < 4.78 is 45.5. The number of esters is 1. The highest BCUT2D eigenvalue weighted by Gasteiger charge is 2.21. The predicted octanol–water partition coefficient (Wildman–Crippen LogP) is 1.28. The highest BCUT2D eigenvalue weighted by atomic mass is 32.2. The zero-order valence-corrected chi connectivity index (χ0v) is 13.8. The molecule has 1 aromatic carbocycles. The van der Waals surface area contributed by atoms with Crippen LogP contribution < -0.4 is 10.0 Å². The van der Waals surface area contributed by atoms with Crippen molar-refractivity contribution in [2.75, 3.05) is 26.2 Å². The molecule has 0 spiro atoms. The molecule has 0 aliphatic carbocycles. The molecule has 1 aromatic rings. The van der Waals surface area contributed by atoms with Crippen molar-refractivity contribution in [1.29, 1.82) is 0 Å². The quantitative estimate of drug-likeness (QED) is 0.760. The lowest BCUT2D eigenvalue weighted by molar-refractivity contribution is 0.0525. The van der Waals surface area contributed by atoms with Crippen LogP contribution >= 0.6 is 0 Å². The zero-order valence-electron chi connectivity index (χ0n) is 13.0. The van der Waals surface area contributed by atoms with E-state index in [1.165, 1.54) is 0 Å². The molecule has 0 radical (unpaired) electrons. The van der Waals surface area contributed by atoms with Crippen LogP contribution in [0.15, 0.2) is 23.1 Å². The molecule has 0 aromatic heterocycles. The van der Waals surface area contributed by atoms with Gasteiger partial charge in [-0.25, -0.2) is 22.3 Å². The molecule has 1 fully saturated rings. The normalized spacial score (nSPS) is 18.6. The first-order valence-electron chi connectivity index (χ1n) is 7.60. The Hall–Kier alpha value is -1.51. The maximum absolute atomic E-state index is 13.6. The molecule has 2 N–H and O–H groups in total. The molecule has 23 heavy (non-hydrogen) atoms. The van der Waals surface area contributed by atoms with Crippen LogP contribution in [0.3, 0.4) is 0 Å².